The summed E-state index contributed by atoms with van der Waals surface area (Å²) in [5, 5.41) is 7.19. The van der Waals surface area contributed by atoms with E-state index in [1.807, 2.05) is 31.3 Å². The number of nitrogens with zero attached hydrogens (tertiary/aromatic N) is 3. The van der Waals surface area contributed by atoms with E-state index < -0.39 is 0 Å². The van der Waals surface area contributed by atoms with Crippen LogP contribution in [0.25, 0.3) is 0 Å². The van der Waals surface area contributed by atoms with E-state index in [1.165, 1.54) is 12.8 Å². The maximum absolute atomic E-state index is 12.6. The number of benzene rings is 1. The summed E-state index contributed by atoms with van der Waals surface area (Å²) in [4.78, 5) is 16.6. The highest BCUT2D eigenvalue weighted by Crippen LogP contribution is 2.39. The third-order valence-corrected chi connectivity index (χ3v) is 4.96. The third kappa shape index (κ3) is 3.21. The molecule has 1 aliphatic carbocycles. The Morgan fingerprint density at radius 3 is 2.96 bits per heavy atom. The Morgan fingerprint density at radius 2 is 2.20 bits per heavy atom. The molecule has 4 rings (SSSR count). The van der Waals surface area contributed by atoms with Gasteiger partial charge in [-0.3, -0.25) is 9.89 Å². The van der Waals surface area contributed by atoms with Crippen molar-refractivity contribution in [3.63, 3.8) is 0 Å². The summed E-state index contributed by atoms with van der Waals surface area (Å²) in [6.07, 6.45) is 2.33. The lowest BCUT2D eigenvalue weighted by molar-refractivity contribution is 0.0704. The summed E-state index contributed by atoms with van der Waals surface area (Å²) in [5.41, 5.74) is 2.70. The number of fused-ring (bicyclic) bond motifs is 1. The first-order valence-electron chi connectivity index (χ1n) is 8.97. The van der Waals surface area contributed by atoms with Crippen LogP contribution in [0.1, 0.15) is 41.9 Å². The molecule has 1 amide bonds. The van der Waals surface area contributed by atoms with Gasteiger partial charge in [0.1, 0.15) is 17.5 Å². The Balaban J connectivity index is 1.43. The number of hydrogen-bond donors (Lipinski definition) is 1. The number of ether oxygens (including phenoxy) is 1. The maximum atomic E-state index is 12.6. The van der Waals surface area contributed by atoms with Gasteiger partial charge in [0.15, 0.2) is 0 Å². The van der Waals surface area contributed by atoms with E-state index >= 15 is 0 Å². The van der Waals surface area contributed by atoms with Crippen LogP contribution in [-0.2, 0) is 0 Å². The molecule has 0 saturated heterocycles. The van der Waals surface area contributed by atoms with Crippen LogP contribution < -0.4 is 9.64 Å². The third-order valence-electron chi connectivity index (χ3n) is 4.96. The highest BCUT2D eigenvalue weighted by Gasteiger charge is 2.29. The molecule has 1 fully saturated rings. The number of carbonyl (C=O) groups excluding carboxylic acids is 1. The predicted molar refractivity (Wildman–Crippen MR) is 96.3 cm³/mol. The number of nitrogens with one attached hydrogen (secondary N) is 1. The molecule has 1 aliphatic heterocycles. The summed E-state index contributed by atoms with van der Waals surface area (Å²) < 4.78 is 6.11. The Hall–Kier alpha value is -2.50. The normalized spacial score (nSPS) is 19.3. The number of rotatable bonds is 5. The van der Waals surface area contributed by atoms with Gasteiger partial charge in [-0.05, 0) is 38.0 Å². The first kappa shape index (κ1) is 16.0. The molecule has 1 unspecified atom stereocenters. The van der Waals surface area contributed by atoms with Crippen molar-refractivity contribution in [1.82, 2.24) is 15.1 Å². The van der Waals surface area contributed by atoms with E-state index in [0.29, 0.717) is 18.2 Å². The lowest BCUT2D eigenvalue weighted by Crippen LogP contribution is -2.46. The number of para-hydroxylation sites is 2. The number of likely N-dealkylation sites (N-methyl/N-ethyl adjacent to an activating group) is 2. The standard InChI is InChI=1S/C19H24N4O2/c1-3-23-12-14(25-18-7-5-4-6-17(18)23)11-22(2)19(24)16-10-15(20-21-16)13-8-9-13/h4-7,10,13-14H,3,8-9,11-12H2,1-2H3,(H,20,21). The lowest BCUT2D eigenvalue weighted by Gasteiger charge is -2.37. The number of amides is 1. The molecule has 1 N–H and O–H groups in total. The summed E-state index contributed by atoms with van der Waals surface area (Å²) in [7, 11) is 1.81. The number of carbonyl (C=O) groups is 1. The zero-order valence-electron chi connectivity index (χ0n) is 14.7. The van der Waals surface area contributed by atoms with Crippen molar-refractivity contribution in [1.29, 1.82) is 0 Å². The van der Waals surface area contributed by atoms with Crippen LogP contribution in [-0.4, -0.2) is 53.8 Å². The van der Waals surface area contributed by atoms with E-state index in [0.717, 1.165) is 30.2 Å². The number of aromatic nitrogens is 2. The molecule has 6 heteroatoms. The van der Waals surface area contributed by atoms with Gasteiger partial charge in [-0.15, -0.1) is 0 Å². The lowest BCUT2D eigenvalue weighted by atomic mass is 10.1. The molecular formula is C19H24N4O2. The van der Waals surface area contributed by atoms with E-state index in [2.05, 4.69) is 28.1 Å². The second-order valence-electron chi connectivity index (χ2n) is 6.91. The van der Waals surface area contributed by atoms with Gasteiger partial charge in [-0.2, -0.15) is 5.10 Å². The topological polar surface area (TPSA) is 61.5 Å². The monoisotopic (exact) mass is 340 g/mol. The van der Waals surface area contributed by atoms with Gasteiger partial charge in [0, 0.05) is 25.2 Å². The van der Waals surface area contributed by atoms with Crippen molar-refractivity contribution >= 4 is 11.6 Å². The largest absolute Gasteiger partial charge is 0.485 e. The van der Waals surface area contributed by atoms with Crippen LogP contribution in [0.3, 0.4) is 0 Å². The summed E-state index contributed by atoms with van der Waals surface area (Å²) in [6, 6.07) is 9.96. The zero-order chi connectivity index (χ0) is 17.4. The van der Waals surface area contributed by atoms with Crippen molar-refractivity contribution < 1.29 is 9.53 Å². The molecule has 2 heterocycles. The van der Waals surface area contributed by atoms with E-state index in [1.54, 1.807) is 4.90 Å². The number of anilines is 1. The molecule has 1 saturated carbocycles. The van der Waals surface area contributed by atoms with Crippen molar-refractivity contribution in [2.75, 3.05) is 31.6 Å². The fourth-order valence-corrected chi connectivity index (χ4v) is 3.41. The maximum Gasteiger partial charge on any atom is 0.274 e. The zero-order valence-corrected chi connectivity index (χ0v) is 14.7. The number of H-pyrrole nitrogens is 1. The fraction of sp³-hybridized carbons (Fsp3) is 0.474. The molecule has 1 aromatic heterocycles. The molecule has 0 bridgehead atoms. The second kappa shape index (κ2) is 6.43. The van der Waals surface area contributed by atoms with Gasteiger partial charge in [0.05, 0.1) is 18.8 Å². The van der Waals surface area contributed by atoms with Gasteiger partial charge in [-0.1, -0.05) is 12.1 Å². The van der Waals surface area contributed by atoms with Crippen LogP contribution in [0, 0.1) is 0 Å². The molecule has 1 atom stereocenters. The van der Waals surface area contributed by atoms with Gasteiger partial charge >= 0.3 is 0 Å². The molecule has 0 radical (unpaired) electrons. The minimum Gasteiger partial charge on any atom is -0.485 e. The fourth-order valence-electron chi connectivity index (χ4n) is 3.41. The van der Waals surface area contributed by atoms with Crippen LogP contribution in [0.15, 0.2) is 30.3 Å². The van der Waals surface area contributed by atoms with Crippen LogP contribution >= 0.6 is 0 Å². The first-order valence-corrected chi connectivity index (χ1v) is 8.97. The Morgan fingerprint density at radius 1 is 1.40 bits per heavy atom. The summed E-state index contributed by atoms with van der Waals surface area (Å²) in [6.45, 7) is 4.37. The van der Waals surface area contributed by atoms with E-state index in [9.17, 15) is 4.79 Å². The number of aromatic amines is 1. The summed E-state index contributed by atoms with van der Waals surface area (Å²) >= 11 is 0. The van der Waals surface area contributed by atoms with Crippen LogP contribution in [0.2, 0.25) is 0 Å². The minimum absolute atomic E-state index is 0.0503. The van der Waals surface area contributed by atoms with Crippen LogP contribution in [0.4, 0.5) is 5.69 Å². The summed E-state index contributed by atoms with van der Waals surface area (Å²) in [5.74, 6) is 1.39. The number of hydrogen-bond acceptors (Lipinski definition) is 4. The average molecular weight is 340 g/mol. The van der Waals surface area contributed by atoms with Gasteiger partial charge in [0.25, 0.3) is 5.91 Å². The van der Waals surface area contributed by atoms with E-state index in [4.69, 9.17) is 4.74 Å². The molecule has 132 valence electrons. The molecular weight excluding hydrogens is 316 g/mol. The van der Waals surface area contributed by atoms with Gasteiger partial charge in [-0.25, -0.2) is 0 Å². The van der Waals surface area contributed by atoms with Gasteiger partial charge in [0.2, 0.25) is 0 Å². The molecule has 6 nitrogen and oxygen atoms in total. The Kier molecular flexibility index (Phi) is 4.11. The van der Waals surface area contributed by atoms with E-state index in [-0.39, 0.29) is 12.0 Å². The minimum atomic E-state index is -0.0614. The first-order chi connectivity index (χ1) is 12.2. The second-order valence-corrected chi connectivity index (χ2v) is 6.91. The van der Waals surface area contributed by atoms with Crippen molar-refractivity contribution in [2.45, 2.75) is 31.8 Å². The quantitative estimate of drug-likeness (QED) is 0.909. The molecule has 1 aromatic carbocycles. The Labute approximate surface area is 147 Å². The van der Waals surface area contributed by atoms with Gasteiger partial charge < -0.3 is 14.5 Å². The SMILES string of the molecule is CCN1CC(CN(C)C(=O)c2cc(C3CC3)[nH]n2)Oc2ccccc21. The Bertz CT molecular complexity index is 768. The molecule has 2 aromatic rings. The highest BCUT2D eigenvalue weighted by molar-refractivity contribution is 5.92. The van der Waals surface area contributed by atoms with Crippen LogP contribution in [0.5, 0.6) is 5.75 Å². The smallest absolute Gasteiger partial charge is 0.274 e. The predicted octanol–water partition coefficient (Wildman–Crippen LogP) is 2.65. The van der Waals surface area contributed by atoms with Crippen molar-refractivity contribution in [3.8, 4) is 5.75 Å². The molecule has 2 aliphatic rings. The molecule has 25 heavy (non-hydrogen) atoms. The van der Waals surface area contributed by atoms with Crippen molar-refractivity contribution in [3.05, 3.63) is 41.7 Å². The highest BCUT2D eigenvalue weighted by atomic mass is 16.5. The van der Waals surface area contributed by atoms with Crippen molar-refractivity contribution in [2.24, 2.45) is 0 Å². The average Bonchev–Trinajstić information content (AvgIpc) is 3.37. The molecule has 0 spiro atoms.